The second kappa shape index (κ2) is 3.82. The minimum atomic E-state index is 0.577. The van der Waals surface area contributed by atoms with Gasteiger partial charge in [0.1, 0.15) is 5.82 Å². The fourth-order valence-electron chi connectivity index (χ4n) is 1.68. The molecule has 0 aliphatic carbocycles. The van der Waals surface area contributed by atoms with E-state index in [1.165, 1.54) is 0 Å². The maximum absolute atomic E-state index is 5.69. The highest BCUT2D eigenvalue weighted by Crippen LogP contribution is 2.14. The third-order valence-corrected chi connectivity index (χ3v) is 2.59. The van der Waals surface area contributed by atoms with E-state index < -0.39 is 0 Å². The van der Waals surface area contributed by atoms with Crippen LogP contribution in [0, 0.1) is 0 Å². The Balaban J connectivity index is 1.79. The van der Waals surface area contributed by atoms with E-state index >= 15 is 0 Å². The van der Waals surface area contributed by atoms with E-state index in [1.807, 2.05) is 24.3 Å². The lowest BCUT2D eigenvalue weighted by Crippen LogP contribution is -2.02. The summed E-state index contributed by atoms with van der Waals surface area (Å²) in [5.74, 6) is 1.31. The van der Waals surface area contributed by atoms with Gasteiger partial charge in [-0.15, -0.1) is 0 Å². The number of rotatable bonds is 3. The van der Waals surface area contributed by atoms with Crippen LogP contribution in [0.4, 0.5) is 11.8 Å². The fourth-order valence-corrected chi connectivity index (χ4v) is 1.68. The molecule has 0 fully saturated rings. The van der Waals surface area contributed by atoms with Crippen LogP contribution in [0.1, 0.15) is 5.56 Å². The van der Waals surface area contributed by atoms with Gasteiger partial charge in [0.2, 0.25) is 5.95 Å². The molecule has 0 spiro atoms. The number of aromatic nitrogens is 4. The van der Waals surface area contributed by atoms with E-state index in [2.05, 4.69) is 25.5 Å². The van der Waals surface area contributed by atoms with E-state index in [0.29, 0.717) is 12.4 Å². The lowest BCUT2D eigenvalue weighted by molar-refractivity contribution is 1.10. The molecule has 0 saturated carbocycles. The van der Waals surface area contributed by atoms with Gasteiger partial charge in [0.25, 0.3) is 0 Å². The van der Waals surface area contributed by atoms with Crippen LogP contribution in [-0.4, -0.2) is 20.2 Å². The number of nitrogen functional groups attached to an aromatic ring is 1. The smallest absolute Gasteiger partial charge is 0.201 e. The van der Waals surface area contributed by atoms with Gasteiger partial charge in [-0.3, -0.25) is 5.10 Å². The molecule has 0 amide bonds. The predicted octanol–water partition coefficient (Wildman–Crippen LogP) is 1.48. The Morgan fingerprint density at radius 2 is 2.18 bits per heavy atom. The number of aromatic amines is 2. The fraction of sp³-hybridized carbons (Fsp3) is 0.0909. The number of nitrogens with zero attached hydrogens (tertiary/aromatic N) is 2. The molecule has 2 heterocycles. The second-order valence-corrected chi connectivity index (χ2v) is 3.77. The molecule has 5 N–H and O–H groups in total. The Kier molecular flexibility index (Phi) is 2.18. The minimum Gasteiger partial charge on any atom is -0.384 e. The molecule has 0 aliphatic rings. The zero-order valence-electron chi connectivity index (χ0n) is 9.07. The monoisotopic (exact) mass is 228 g/mol. The third-order valence-electron chi connectivity index (χ3n) is 2.59. The number of hydrogen-bond donors (Lipinski definition) is 4. The molecular formula is C11H12N6. The maximum atomic E-state index is 5.69. The molecule has 86 valence electrons. The molecule has 3 aromatic rings. The van der Waals surface area contributed by atoms with Crippen molar-refractivity contribution in [3.05, 3.63) is 36.0 Å². The topological polar surface area (TPSA) is 95.4 Å². The summed E-state index contributed by atoms with van der Waals surface area (Å²) >= 11 is 0. The van der Waals surface area contributed by atoms with Crippen molar-refractivity contribution in [2.75, 3.05) is 11.1 Å². The number of anilines is 2. The van der Waals surface area contributed by atoms with E-state index in [0.717, 1.165) is 22.5 Å². The Hall–Kier alpha value is -2.50. The molecule has 2 aromatic heterocycles. The number of para-hydroxylation sites is 2. The molecular weight excluding hydrogens is 216 g/mol. The van der Waals surface area contributed by atoms with Crippen LogP contribution in [0.15, 0.2) is 30.5 Å². The van der Waals surface area contributed by atoms with Crippen LogP contribution in [0.2, 0.25) is 0 Å². The van der Waals surface area contributed by atoms with Gasteiger partial charge in [0.15, 0.2) is 0 Å². The van der Waals surface area contributed by atoms with Crippen LogP contribution < -0.4 is 11.1 Å². The highest BCUT2D eigenvalue weighted by Gasteiger charge is 2.03. The van der Waals surface area contributed by atoms with Gasteiger partial charge in [-0.2, -0.15) is 5.10 Å². The number of hydrogen-bond acceptors (Lipinski definition) is 4. The first kappa shape index (κ1) is 9.71. The number of nitrogens with one attached hydrogen (secondary N) is 3. The predicted molar refractivity (Wildman–Crippen MR) is 66.4 cm³/mol. The van der Waals surface area contributed by atoms with Crippen LogP contribution >= 0.6 is 0 Å². The summed E-state index contributed by atoms with van der Waals surface area (Å²) in [5.41, 5.74) is 8.56. The van der Waals surface area contributed by atoms with E-state index in [1.54, 1.807) is 6.20 Å². The molecule has 1 aromatic carbocycles. The van der Waals surface area contributed by atoms with Crippen molar-refractivity contribution in [1.29, 1.82) is 0 Å². The van der Waals surface area contributed by atoms with Gasteiger partial charge in [-0.05, 0) is 12.1 Å². The normalized spacial score (nSPS) is 10.8. The number of fused-ring (bicyclic) bond motifs is 1. The summed E-state index contributed by atoms with van der Waals surface area (Å²) in [5, 5.41) is 9.72. The Bertz CT molecular complexity index is 605. The average molecular weight is 228 g/mol. The molecule has 6 nitrogen and oxygen atoms in total. The summed E-state index contributed by atoms with van der Waals surface area (Å²) < 4.78 is 0. The largest absolute Gasteiger partial charge is 0.384 e. The molecule has 3 rings (SSSR count). The lowest BCUT2D eigenvalue weighted by atomic mass is 10.3. The molecule has 0 bridgehead atoms. The van der Waals surface area contributed by atoms with Crippen molar-refractivity contribution in [2.24, 2.45) is 0 Å². The summed E-state index contributed by atoms with van der Waals surface area (Å²) in [6.45, 7) is 0.585. The Labute approximate surface area is 97.3 Å². The summed E-state index contributed by atoms with van der Waals surface area (Å²) in [6, 6.07) is 7.88. The zero-order valence-corrected chi connectivity index (χ0v) is 9.07. The molecule has 6 heteroatoms. The first-order chi connectivity index (χ1) is 8.33. The van der Waals surface area contributed by atoms with Gasteiger partial charge < -0.3 is 16.0 Å². The zero-order chi connectivity index (χ0) is 11.7. The number of nitrogens with two attached hydrogens (primary N) is 1. The number of imidazole rings is 1. The maximum Gasteiger partial charge on any atom is 0.201 e. The first-order valence-corrected chi connectivity index (χ1v) is 5.29. The van der Waals surface area contributed by atoms with Gasteiger partial charge in [-0.1, -0.05) is 12.1 Å². The molecule has 0 atom stereocenters. The quantitative estimate of drug-likeness (QED) is 0.546. The van der Waals surface area contributed by atoms with E-state index in [4.69, 9.17) is 5.73 Å². The van der Waals surface area contributed by atoms with Crippen LogP contribution in [0.5, 0.6) is 0 Å². The van der Waals surface area contributed by atoms with E-state index in [9.17, 15) is 0 Å². The second-order valence-electron chi connectivity index (χ2n) is 3.77. The molecule has 0 saturated heterocycles. The van der Waals surface area contributed by atoms with Crippen molar-refractivity contribution >= 4 is 22.8 Å². The van der Waals surface area contributed by atoms with Gasteiger partial charge in [-0.25, -0.2) is 4.98 Å². The highest BCUT2D eigenvalue weighted by molar-refractivity contribution is 5.77. The SMILES string of the molecule is Nc1[nH]ncc1CNc1nc2ccccc2[nH]1. The standard InChI is InChI=1S/C11H12N6/c12-10-7(6-14-17-10)5-13-11-15-8-3-1-2-4-9(8)16-11/h1-4,6H,5H2,(H3,12,14,17)(H2,13,15,16). The van der Waals surface area contributed by atoms with Crippen LogP contribution in [-0.2, 0) is 6.54 Å². The van der Waals surface area contributed by atoms with Gasteiger partial charge in [0.05, 0.1) is 17.2 Å². The summed E-state index contributed by atoms with van der Waals surface area (Å²) in [7, 11) is 0. The first-order valence-electron chi connectivity index (χ1n) is 5.29. The van der Waals surface area contributed by atoms with Crippen LogP contribution in [0.3, 0.4) is 0 Å². The Morgan fingerprint density at radius 1 is 1.29 bits per heavy atom. The Morgan fingerprint density at radius 3 is 2.94 bits per heavy atom. The molecule has 17 heavy (non-hydrogen) atoms. The van der Waals surface area contributed by atoms with Crippen molar-refractivity contribution in [3.63, 3.8) is 0 Å². The highest BCUT2D eigenvalue weighted by atomic mass is 15.2. The minimum absolute atomic E-state index is 0.577. The molecule has 0 radical (unpaired) electrons. The number of H-pyrrole nitrogens is 2. The third kappa shape index (κ3) is 1.80. The summed E-state index contributed by atoms with van der Waals surface area (Å²) in [4.78, 5) is 7.59. The number of benzene rings is 1. The molecule has 0 aliphatic heterocycles. The van der Waals surface area contributed by atoms with Crippen molar-refractivity contribution in [2.45, 2.75) is 6.54 Å². The van der Waals surface area contributed by atoms with Crippen molar-refractivity contribution < 1.29 is 0 Å². The lowest BCUT2D eigenvalue weighted by Gasteiger charge is -2.00. The van der Waals surface area contributed by atoms with Crippen molar-refractivity contribution in [3.8, 4) is 0 Å². The van der Waals surface area contributed by atoms with Gasteiger partial charge >= 0.3 is 0 Å². The molecule has 0 unspecified atom stereocenters. The van der Waals surface area contributed by atoms with Crippen molar-refractivity contribution in [1.82, 2.24) is 20.2 Å². The van der Waals surface area contributed by atoms with Gasteiger partial charge in [0, 0.05) is 12.1 Å². The summed E-state index contributed by atoms with van der Waals surface area (Å²) in [6.07, 6.45) is 1.70. The van der Waals surface area contributed by atoms with E-state index in [-0.39, 0.29) is 0 Å². The average Bonchev–Trinajstić information content (AvgIpc) is 2.92. The van der Waals surface area contributed by atoms with Crippen LogP contribution in [0.25, 0.3) is 11.0 Å².